The normalized spacial score (nSPS) is 10.8. The van der Waals surface area contributed by atoms with Crippen LogP contribution in [0.25, 0.3) is 16.7 Å². The molecule has 10 nitrogen and oxygen atoms in total. The molecule has 0 radical (unpaired) electrons. The van der Waals surface area contributed by atoms with Gasteiger partial charge in [-0.05, 0) is 59.7 Å². The van der Waals surface area contributed by atoms with Crippen LogP contribution >= 0.6 is 0 Å². The average molecular weight is 588 g/mol. The van der Waals surface area contributed by atoms with Gasteiger partial charge in [0.05, 0.1) is 11.0 Å². The SMILES string of the molecule is Cn1c(=O)n(-c2ccc(OCc3ccccc3)nc2OCc2ccccc2)c2ccc(Nc3ccc(NC(=O)O)cc3)cc21. The van der Waals surface area contributed by atoms with Gasteiger partial charge in [-0.2, -0.15) is 4.98 Å². The fourth-order valence-corrected chi connectivity index (χ4v) is 4.81. The highest BCUT2D eigenvalue weighted by Gasteiger charge is 2.19. The maximum Gasteiger partial charge on any atom is 0.409 e. The van der Waals surface area contributed by atoms with E-state index >= 15 is 0 Å². The van der Waals surface area contributed by atoms with Crippen LogP contribution in [0.4, 0.5) is 21.9 Å². The minimum Gasteiger partial charge on any atom is -0.473 e. The summed E-state index contributed by atoms with van der Waals surface area (Å²) in [4.78, 5) is 29.2. The number of rotatable bonds is 10. The van der Waals surface area contributed by atoms with Gasteiger partial charge >= 0.3 is 11.8 Å². The molecule has 0 unspecified atom stereocenters. The lowest BCUT2D eigenvalue weighted by Crippen LogP contribution is -2.21. The predicted molar refractivity (Wildman–Crippen MR) is 169 cm³/mol. The van der Waals surface area contributed by atoms with E-state index in [1.165, 1.54) is 0 Å². The average Bonchev–Trinajstić information content (AvgIpc) is 3.29. The van der Waals surface area contributed by atoms with Gasteiger partial charge in [-0.3, -0.25) is 14.5 Å². The van der Waals surface area contributed by atoms with Gasteiger partial charge in [-0.15, -0.1) is 0 Å². The topological polar surface area (TPSA) is 120 Å². The Morgan fingerprint density at radius 3 is 2.02 bits per heavy atom. The Balaban J connectivity index is 1.32. The van der Waals surface area contributed by atoms with E-state index in [1.54, 1.807) is 52.6 Å². The second kappa shape index (κ2) is 12.5. The Kier molecular flexibility index (Phi) is 7.96. The number of hydrogen-bond acceptors (Lipinski definition) is 6. The van der Waals surface area contributed by atoms with Crippen LogP contribution in [0.5, 0.6) is 11.8 Å². The number of benzene rings is 4. The molecule has 44 heavy (non-hydrogen) atoms. The van der Waals surface area contributed by atoms with E-state index in [4.69, 9.17) is 14.6 Å². The summed E-state index contributed by atoms with van der Waals surface area (Å²) in [5.74, 6) is 0.649. The molecule has 3 N–H and O–H groups in total. The number of hydrogen-bond donors (Lipinski definition) is 3. The fourth-order valence-electron chi connectivity index (χ4n) is 4.81. The first-order valence-corrected chi connectivity index (χ1v) is 13.9. The van der Waals surface area contributed by atoms with Crippen LogP contribution in [-0.2, 0) is 20.3 Å². The molecule has 0 bridgehead atoms. The molecular weight excluding hydrogens is 558 g/mol. The van der Waals surface area contributed by atoms with Crippen molar-refractivity contribution in [3.63, 3.8) is 0 Å². The Morgan fingerprint density at radius 2 is 1.36 bits per heavy atom. The highest BCUT2D eigenvalue weighted by Crippen LogP contribution is 2.29. The van der Waals surface area contributed by atoms with Crippen LogP contribution in [0.1, 0.15) is 11.1 Å². The lowest BCUT2D eigenvalue weighted by atomic mass is 10.2. The molecule has 0 aliphatic heterocycles. The molecule has 0 aliphatic rings. The van der Waals surface area contributed by atoms with Crippen molar-refractivity contribution in [1.82, 2.24) is 14.1 Å². The molecule has 10 heteroatoms. The zero-order valence-corrected chi connectivity index (χ0v) is 23.8. The van der Waals surface area contributed by atoms with Crippen LogP contribution < -0.4 is 25.8 Å². The van der Waals surface area contributed by atoms with Crippen LogP contribution in [0.15, 0.2) is 120 Å². The Bertz CT molecular complexity index is 1970. The van der Waals surface area contributed by atoms with Crippen molar-refractivity contribution >= 4 is 34.2 Å². The molecule has 1 amide bonds. The van der Waals surface area contributed by atoms with E-state index in [-0.39, 0.29) is 18.2 Å². The van der Waals surface area contributed by atoms with Crippen molar-refractivity contribution < 1.29 is 19.4 Å². The molecule has 6 rings (SSSR count). The summed E-state index contributed by atoms with van der Waals surface area (Å²) in [7, 11) is 1.71. The number of aromatic nitrogens is 3. The van der Waals surface area contributed by atoms with Crippen LogP contribution in [0.2, 0.25) is 0 Å². The Labute approximate surface area is 252 Å². The maximum atomic E-state index is 13.6. The molecule has 0 fully saturated rings. The Hall–Kier alpha value is -6.03. The fraction of sp³-hybridized carbons (Fsp3) is 0.0882. The monoisotopic (exact) mass is 587 g/mol. The Morgan fingerprint density at radius 1 is 0.750 bits per heavy atom. The highest BCUT2D eigenvalue weighted by atomic mass is 16.5. The quantitative estimate of drug-likeness (QED) is 0.163. The minimum atomic E-state index is -1.13. The summed E-state index contributed by atoms with van der Waals surface area (Å²) in [6, 6.07) is 35.5. The van der Waals surface area contributed by atoms with E-state index in [2.05, 4.69) is 15.6 Å². The van der Waals surface area contributed by atoms with Crippen LogP contribution in [0, 0.1) is 0 Å². The number of pyridine rings is 1. The summed E-state index contributed by atoms with van der Waals surface area (Å²) in [6.45, 7) is 0.603. The van der Waals surface area contributed by atoms with E-state index in [0.29, 0.717) is 34.9 Å². The summed E-state index contributed by atoms with van der Waals surface area (Å²) in [6.07, 6.45) is -1.13. The first-order chi connectivity index (χ1) is 21.4. The second-order valence-electron chi connectivity index (χ2n) is 10.0. The summed E-state index contributed by atoms with van der Waals surface area (Å²) >= 11 is 0. The molecule has 220 valence electrons. The van der Waals surface area contributed by atoms with Crippen LogP contribution in [0.3, 0.4) is 0 Å². The third kappa shape index (κ3) is 6.24. The number of nitrogens with one attached hydrogen (secondary N) is 2. The van der Waals surface area contributed by atoms with Gasteiger partial charge in [0.1, 0.15) is 18.9 Å². The number of amides is 1. The van der Waals surface area contributed by atoms with Crippen molar-refractivity contribution in [1.29, 1.82) is 0 Å². The summed E-state index contributed by atoms with van der Waals surface area (Å²) < 4.78 is 15.3. The second-order valence-corrected chi connectivity index (χ2v) is 10.0. The van der Waals surface area contributed by atoms with Crippen molar-refractivity contribution in [2.45, 2.75) is 13.2 Å². The van der Waals surface area contributed by atoms with E-state index in [1.807, 2.05) is 78.9 Å². The lowest BCUT2D eigenvalue weighted by molar-refractivity contribution is 0.209. The molecule has 0 saturated heterocycles. The first-order valence-electron chi connectivity index (χ1n) is 13.9. The number of nitrogens with zero attached hydrogens (tertiary/aromatic N) is 3. The first kappa shape index (κ1) is 28.1. The minimum absolute atomic E-state index is 0.259. The lowest BCUT2D eigenvalue weighted by Gasteiger charge is -2.14. The van der Waals surface area contributed by atoms with E-state index < -0.39 is 6.09 Å². The van der Waals surface area contributed by atoms with Gasteiger partial charge in [-0.1, -0.05) is 60.7 Å². The number of carbonyl (C=O) groups is 1. The molecule has 2 aromatic heterocycles. The maximum absolute atomic E-state index is 13.6. The molecule has 2 heterocycles. The van der Waals surface area contributed by atoms with Gasteiger partial charge < -0.3 is 19.9 Å². The van der Waals surface area contributed by atoms with Gasteiger partial charge in [0.25, 0.3) is 0 Å². The van der Waals surface area contributed by atoms with Gasteiger partial charge in [-0.25, -0.2) is 9.59 Å². The number of ether oxygens (including phenoxy) is 2. The summed E-state index contributed by atoms with van der Waals surface area (Å²) in [5, 5.41) is 14.5. The van der Waals surface area contributed by atoms with Crippen molar-refractivity contribution in [2.24, 2.45) is 7.05 Å². The van der Waals surface area contributed by atoms with E-state index in [0.717, 1.165) is 22.5 Å². The largest absolute Gasteiger partial charge is 0.473 e. The number of imidazole rings is 1. The molecule has 4 aromatic carbocycles. The summed E-state index contributed by atoms with van der Waals surface area (Å²) in [5.41, 5.74) is 5.56. The molecule has 0 spiro atoms. The highest BCUT2D eigenvalue weighted by molar-refractivity contribution is 5.85. The third-order valence-electron chi connectivity index (χ3n) is 6.98. The van der Waals surface area contributed by atoms with Crippen molar-refractivity contribution in [3.8, 4) is 17.4 Å². The molecule has 0 aliphatic carbocycles. The number of aryl methyl sites for hydroxylation is 1. The van der Waals surface area contributed by atoms with Crippen LogP contribution in [-0.4, -0.2) is 25.3 Å². The molecule has 0 atom stereocenters. The molecule has 0 saturated carbocycles. The smallest absolute Gasteiger partial charge is 0.409 e. The number of fused-ring (bicyclic) bond motifs is 1. The predicted octanol–water partition coefficient (Wildman–Crippen LogP) is 6.72. The van der Waals surface area contributed by atoms with Crippen molar-refractivity contribution in [2.75, 3.05) is 10.6 Å². The molecule has 6 aromatic rings. The van der Waals surface area contributed by atoms with Gasteiger partial charge in [0.2, 0.25) is 11.8 Å². The number of anilines is 3. The zero-order valence-electron chi connectivity index (χ0n) is 23.8. The zero-order chi connectivity index (χ0) is 30.5. The standard InChI is InChI=1S/C34H29N5O5/c1-38-30-20-27(35-25-12-14-26(15-13-25)36-33(40)41)16-17-28(30)39(34(38)42)29-18-19-31(43-21-23-8-4-2-5-9-23)37-32(29)44-22-24-10-6-3-7-11-24/h2-20,35-36H,21-22H2,1H3,(H,40,41). The van der Waals surface area contributed by atoms with E-state index in [9.17, 15) is 9.59 Å². The van der Waals surface area contributed by atoms with Crippen molar-refractivity contribution in [3.05, 3.63) is 137 Å². The third-order valence-corrected chi connectivity index (χ3v) is 6.98. The van der Waals surface area contributed by atoms with Gasteiger partial charge in [0, 0.05) is 30.2 Å². The number of carboxylic acid groups (broad SMARTS) is 1. The molecular formula is C34H29N5O5. The van der Waals surface area contributed by atoms with Gasteiger partial charge in [0.15, 0.2) is 0 Å².